The van der Waals surface area contributed by atoms with Crippen molar-refractivity contribution < 1.29 is 41.0 Å². The Balaban J connectivity index is 1.80. The SMILES string of the molecule is Cc1cnc(Nc2cc(OC(F)(F)F)ccn2)nc1C(=O)N1CC(F)(F)CC[C@@H]1CNC(=O)OC(C)(C)C. The lowest BCUT2D eigenvalue weighted by Crippen LogP contribution is -2.55. The van der Waals surface area contributed by atoms with Crippen LogP contribution in [0.5, 0.6) is 5.75 Å². The number of carbonyl (C=O) groups excluding carboxylic acids is 2. The molecule has 2 aromatic rings. The summed E-state index contributed by atoms with van der Waals surface area (Å²) in [6.45, 7) is 5.49. The molecule has 2 aromatic heterocycles. The van der Waals surface area contributed by atoms with Gasteiger partial charge in [0, 0.05) is 31.4 Å². The molecule has 1 aliphatic rings. The van der Waals surface area contributed by atoms with E-state index in [1.165, 1.54) is 13.1 Å². The molecule has 0 bridgehead atoms. The second-order valence-electron chi connectivity index (χ2n) is 9.64. The third-order valence-corrected chi connectivity index (χ3v) is 5.21. The molecule has 3 rings (SSSR count). The first kappa shape index (κ1) is 28.8. The predicted molar refractivity (Wildman–Crippen MR) is 124 cm³/mol. The number of hydrogen-bond acceptors (Lipinski definition) is 8. The minimum atomic E-state index is -4.91. The first-order valence-electron chi connectivity index (χ1n) is 11.5. The van der Waals surface area contributed by atoms with Crippen LogP contribution in [0.2, 0.25) is 0 Å². The molecule has 1 atom stereocenters. The Hall–Kier alpha value is -3.78. The van der Waals surface area contributed by atoms with Crippen LogP contribution in [-0.2, 0) is 4.74 Å². The number of pyridine rings is 1. The number of ether oxygens (including phenoxy) is 2. The summed E-state index contributed by atoms with van der Waals surface area (Å²) < 4.78 is 75.1. The fraction of sp³-hybridized carbons (Fsp3) is 0.522. The molecule has 38 heavy (non-hydrogen) atoms. The molecule has 0 aliphatic carbocycles. The van der Waals surface area contributed by atoms with Gasteiger partial charge in [0.15, 0.2) is 0 Å². The Bertz CT molecular complexity index is 1170. The zero-order valence-electron chi connectivity index (χ0n) is 21.0. The molecule has 0 spiro atoms. The Morgan fingerprint density at radius 1 is 1.21 bits per heavy atom. The Labute approximate surface area is 214 Å². The molecule has 0 aromatic carbocycles. The van der Waals surface area contributed by atoms with E-state index in [4.69, 9.17) is 4.74 Å². The average Bonchev–Trinajstić information content (AvgIpc) is 2.76. The van der Waals surface area contributed by atoms with Gasteiger partial charge in [-0.15, -0.1) is 13.2 Å². The van der Waals surface area contributed by atoms with Crippen molar-refractivity contribution in [3.05, 3.63) is 35.8 Å². The molecule has 15 heteroatoms. The van der Waals surface area contributed by atoms with Crippen LogP contribution in [0.3, 0.4) is 0 Å². The topological polar surface area (TPSA) is 119 Å². The van der Waals surface area contributed by atoms with Gasteiger partial charge in [0.2, 0.25) is 5.95 Å². The minimum absolute atomic E-state index is 0.0836. The second-order valence-corrected chi connectivity index (χ2v) is 9.64. The van der Waals surface area contributed by atoms with Crippen LogP contribution in [0.15, 0.2) is 24.5 Å². The maximum Gasteiger partial charge on any atom is 0.573 e. The van der Waals surface area contributed by atoms with Crippen molar-refractivity contribution in [2.45, 2.75) is 64.5 Å². The van der Waals surface area contributed by atoms with Gasteiger partial charge < -0.3 is 25.0 Å². The zero-order valence-corrected chi connectivity index (χ0v) is 21.0. The van der Waals surface area contributed by atoms with Crippen molar-refractivity contribution in [1.29, 1.82) is 0 Å². The molecule has 208 valence electrons. The highest BCUT2D eigenvalue weighted by Gasteiger charge is 2.43. The molecular weight excluding hydrogens is 519 g/mol. The number of alkyl carbamates (subject to hydrolysis) is 1. The molecule has 2 N–H and O–H groups in total. The zero-order chi connectivity index (χ0) is 28.3. The lowest BCUT2D eigenvalue weighted by Gasteiger charge is -2.39. The van der Waals surface area contributed by atoms with E-state index in [0.717, 1.165) is 23.2 Å². The van der Waals surface area contributed by atoms with E-state index < -0.39 is 54.6 Å². The molecule has 0 unspecified atom stereocenters. The highest BCUT2D eigenvalue weighted by Crippen LogP contribution is 2.31. The number of halogens is 5. The maximum atomic E-state index is 14.3. The molecule has 3 heterocycles. The van der Waals surface area contributed by atoms with Crippen LogP contribution in [-0.4, -0.2) is 68.9 Å². The summed E-state index contributed by atoms with van der Waals surface area (Å²) in [5.41, 5.74) is -0.700. The van der Waals surface area contributed by atoms with Crippen molar-refractivity contribution in [2.24, 2.45) is 0 Å². The van der Waals surface area contributed by atoms with Crippen LogP contribution in [0.25, 0.3) is 0 Å². The van der Waals surface area contributed by atoms with E-state index >= 15 is 0 Å². The van der Waals surface area contributed by atoms with Gasteiger partial charge in [-0.3, -0.25) is 4.79 Å². The third kappa shape index (κ3) is 8.38. The summed E-state index contributed by atoms with van der Waals surface area (Å²) >= 11 is 0. The lowest BCUT2D eigenvalue weighted by molar-refractivity contribution is -0.274. The molecule has 1 saturated heterocycles. The van der Waals surface area contributed by atoms with E-state index in [-0.39, 0.29) is 36.0 Å². The third-order valence-electron chi connectivity index (χ3n) is 5.21. The highest BCUT2D eigenvalue weighted by atomic mass is 19.4. The van der Waals surface area contributed by atoms with Crippen molar-refractivity contribution in [1.82, 2.24) is 25.2 Å². The highest BCUT2D eigenvalue weighted by molar-refractivity contribution is 5.94. The van der Waals surface area contributed by atoms with Gasteiger partial charge in [-0.1, -0.05) is 0 Å². The van der Waals surface area contributed by atoms with E-state index in [1.54, 1.807) is 20.8 Å². The number of nitrogens with one attached hydrogen (secondary N) is 2. The fourth-order valence-electron chi connectivity index (χ4n) is 3.60. The van der Waals surface area contributed by atoms with Gasteiger partial charge in [-0.2, -0.15) is 0 Å². The first-order chi connectivity index (χ1) is 17.5. The van der Waals surface area contributed by atoms with Crippen LogP contribution >= 0.6 is 0 Å². The summed E-state index contributed by atoms with van der Waals surface area (Å²) in [6, 6.07) is 1.17. The molecule has 1 fully saturated rings. The van der Waals surface area contributed by atoms with Crippen molar-refractivity contribution in [3.8, 4) is 5.75 Å². The van der Waals surface area contributed by atoms with Crippen LogP contribution in [0.4, 0.5) is 38.5 Å². The Morgan fingerprint density at radius 2 is 1.92 bits per heavy atom. The van der Waals surface area contributed by atoms with E-state index in [2.05, 4.69) is 30.3 Å². The summed E-state index contributed by atoms with van der Waals surface area (Å²) in [7, 11) is 0. The van der Waals surface area contributed by atoms with Gasteiger partial charge in [-0.25, -0.2) is 28.5 Å². The number of carbonyl (C=O) groups is 2. The molecular formula is C23H27F5N6O4. The molecule has 10 nitrogen and oxygen atoms in total. The minimum Gasteiger partial charge on any atom is -0.444 e. The van der Waals surface area contributed by atoms with Crippen molar-refractivity contribution in [2.75, 3.05) is 18.4 Å². The lowest BCUT2D eigenvalue weighted by atomic mass is 9.98. The van der Waals surface area contributed by atoms with E-state index in [1.807, 2.05) is 0 Å². The molecule has 1 aliphatic heterocycles. The van der Waals surface area contributed by atoms with Crippen LogP contribution in [0, 0.1) is 6.92 Å². The van der Waals surface area contributed by atoms with E-state index in [0.29, 0.717) is 0 Å². The number of hydrogen-bond donors (Lipinski definition) is 2. The monoisotopic (exact) mass is 546 g/mol. The van der Waals surface area contributed by atoms with Crippen LogP contribution < -0.4 is 15.4 Å². The van der Waals surface area contributed by atoms with E-state index in [9.17, 15) is 31.5 Å². The average molecular weight is 546 g/mol. The van der Waals surface area contributed by atoms with Gasteiger partial charge >= 0.3 is 12.5 Å². The van der Waals surface area contributed by atoms with Gasteiger partial charge in [0.1, 0.15) is 22.9 Å². The number of likely N-dealkylation sites (tertiary alicyclic amines) is 1. The second kappa shape index (κ2) is 10.9. The first-order valence-corrected chi connectivity index (χ1v) is 11.5. The number of anilines is 2. The molecule has 0 radical (unpaired) electrons. The summed E-state index contributed by atoms with van der Waals surface area (Å²) in [4.78, 5) is 38.3. The number of aromatic nitrogens is 3. The van der Waals surface area contributed by atoms with Crippen molar-refractivity contribution >= 4 is 23.8 Å². The maximum absolute atomic E-state index is 14.3. The van der Waals surface area contributed by atoms with Gasteiger partial charge in [0.25, 0.3) is 11.8 Å². The van der Waals surface area contributed by atoms with Gasteiger partial charge in [-0.05, 0) is 45.7 Å². The normalized spacial score (nSPS) is 17.5. The summed E-state index contributed by atoms with van der Waals surface area (Å²) in [5.74, 6) is -4.84. The van der Waals surface area contributed by atoms with Gasteiger partial charge in [0.05, 0.1) is 12.6 Å². The fourth-order valence-corrected chi connectivity index (χ4v) is 3.60. The Kier molecular flexibility index (Phi) is 8.27. The molecule has 0 saturated carbocycles. The summed E-state index contributed by atoms with van der Waals surface area (Å²) in [6.07, 6.45) is -3.91. The number of piperidine rings is 1. The summed E-state index contributed by atoms with van der Waals surface area (Å²) in [5, 5.41) is 5.08. The number of rotatable bonds is 6. The Morgan fingerprint density at radius 3 is 2.58 bits per heavy atom. The number of aryl methyl sites for hydroxylation is 1. The largest absolute Gasteiger partial charge is 0.573 e. The number of amides is 2. The molecule has 2 amide bonds. The number of nitrogens with zero attached hydrogens (tertiary/aromatic N) is 4. The smallest absolute Gasteiger partial charge is 0.444 e. The van der Waals surface area contributed by atoms with Crippen LogP contribution in [0.1, 0.15) is 49.7 Å². The number of alkyl halides is 5. The quantitative estimate of drug-likeness (QED) is 0.506. The standard InChI is InChI=1S/C23H27F5N6O4/c1-13-10-30-19(32-16-9-15(6-8-29-16)37-23(26,27)28)33-17(13)18(35)34-12-22(24,25)7-5-14(34)11-31-20(36)38-21(2,3)4/h6,8-10,14H,5,7,11-12H2,1-4H3,(H,31,36)(H,29,30,32,33)/t14-/m1/s1. The van der Waals surface area contributed by atoms with Crippen molar-refractivity contribution in [3.63, 3.8) is 0 Å². The predicted octanol–water partition coefficient (Wildman–Crippen LogP) is 4.59.